The maximum atomic E-state index is 11.4. The van der Waals surface area contributed by atoms with Gasteiger partial charge in [0.15, 0.2) is 6.10 Å². The van der Waals surface area contributed by atoms with Crippen molar-refractivity contribution in [2.24, 2.45) is 0 Å². The molecule has 1 atom stereocenters. The topological polar surface area (TPSA) is 26.3 Å². The number of halogens is 1. The second-order valence-electron chi connectivity index (χ2n) is 2.74. The normalized spacial score (nSPS) is 20.5. The Morgan fingerprint density at radius 3 is 2.92 bits per heavy atom. The van der Waals surface area contributed by atoms with E-state index in [0.29, 0.717) is 0 Å². The van der Waals surface area contributed by atoms with Crippen molar-refractivity contribution >= 4 is 28.4 Å². The largest absolute Gasteiger partial charge is 0.481 e. The van der Waals surface area contributed by atoms with E-state index in [4.69, 9.17) is 4.74 Å². The molecule has 0 bridgehead atoms. The van der Waals surface area contributed by atoms with E-state index in [1.165, 1.54) is 0 Å². The first-order valence-corrected chi connectivity index (χ1v) is 4.77. The maximum absolute atomic E-state index is 11.4. The van der Waals surface area contributed by atoms with E-state index in [9.17, 15) is 4.79 Å². The zero-order valence-corrected chi connectivity index (χ0v) is 8.66. The number of para-hydroxylation sites is 1. The quantitative estimate of drug-likeness (QED) is 0.678. The fourth-order valence-corrected chi connectivity index (χ4v) is 1.90. The molecule has 0 spiro atoms. The Hall–Kier alpha value is -0.580. The molecule has 0 saturated carbocycles. The number of hydrogen-bond acceptors (Lipinski definition) is 2. The minimum absolute atomic E-state index is 0.0866. The Bertz CT molecular complexity index is 346. The monoisotopic (exact) mass is 274 g/mol. The van der Waals surface area contributed by atoms with Gasteiger partial charge in [-0.15, -0.1) is 0 Å². The molecule has 2 nitrogen and oxygen atoms in total. The van der Waals surface area contributed by atoms with Crippen molar-refractivity contribution in [1.29, 1.82) is 0 Å². The molecule has 0 N–H and O–H groups in total. The fourth-order valence-electron chi connectivity index (χ4n) is 1.27. The van der Waals surface area contributed by atoms with Crippen molar-refractivity contribution in [3.63, 3.8) is 0 Å². The third-order valence-corrected chi connectivity index (χ3v) is 2.75. The highest BCUT2D eigenvalue weighted by molar-refractivity contribution is 14.1. The van der Waals surface area contributed by atoms with E-state index in [2.05, 4.69) is 22.6 Å². The molecule has 2 rings (SSSR count). The number of fused-ring (bicyclic) bond motifs is 1. The van der Waals surface area contributed by atoms with Gasteiger partial charge in [-0.3, -0.25) is 4.79 Å². The molecule has 62 valence electrons. The highest BCUT2D eigenvalue weighted by atomic mass is 127. The molecule has 1 unspecified atom stereocenters. The van der Waals surface area contributed by atoms with E-state index in [-0.39, 0.29) is 11.9 Å². The third-order valence-electron chi connectivity index (χ3n) is 1.90. The number of ether oxygens (including phenoxy) is 1. The Kier molecular flexibility index (Phi) is 1.83. The van der Waals surface area contributed by atoms with Gasteiger partial charge in [-0.25, -0.2) is 0 Å². The van der Waals surface area contributed by atoms with Gasteiger partial charge in [-0.1, -0.05) is 6.07 Å². The van der Waals surface area contributed by atoms with E-state index in [1.54, 1.807) is 6.92 Å². The summed E-state index contributed by atoms with van der Waals surface area (Å²) < 4.78 is 6.40. The number of benzene rings is 1. The van der Waals surface area contributed by atoms with Crippen LogP contribution < -0.4 is 4.74 Å². The summed E-state index contributed by atoms with van der Waals surface area (Å²) in [6.07, 6.45) is -0.309. The number of carbonyl (C=O) groups is 1. The van der Waals surface area contributed by atoms with Crippen molar-refractivity contribution in [3.05, 3.63) is 27.3 Å². The minimum atomic E-state index is -0.309. The standard InChI is InChI=1S/C9H7IO2/c1-5-8(11)6-3-2-4-7(10)9(6)12-5/h2-5H,1H3. The summed E-state index contributed by atoms with van der Waals surface area (Å²) in [5.41, 5.74) is 0.717. The SMILES string of the molecule is CC1Oc2c(I)cccc2C1=O. The number of ketones is 1. The highest BCUT2D eigenvalue weighted by Gasteiger charge is 2.29. The predicted molar refractivity (Wildman–Crippen MR) is 53.6 cm³/mol. The molecule has 0 amide bonds. The second kappa shape index (κ2) is 2.73. The van der Waals surface area contributed by atoms with E-state index in [0.717, 1.165) is 14.9 Å². The second-order valence-corrected chi connectivity index (χ2v) is 3.90. The van der Waals surface area contributed by atoms with Crippen LogP contribution in [0.4, 0.5) is 0 Å². The van der Waals surface area contributed by atoms with Crippen LogP contribution in [0.25, 0.3) is 0 Å². The molecule has 1 aliphatic heterocycles. The maximum Gasteiger partial charge on any atom is 0.206 e. The van der Waals surface area contributed by atoms with E-state index in [1.807, 2.05) is 18.2 Å². The van der Waals surface area contributed by atoms with Gasteiger partial charge in [-0.05, 0) is 41.6 Å². The Morgan fingerprint density at radius 1 is 1.50 bits per heavy atom. The zero-order chi connectivity index (χ0) is 8.72. The highest BCUT2D eigenvalue weighted by Crippen LogP contribution is 2.32. The predicted octanol–water partition coefficient (Wildman–Crippen LogP) is 2.25. The van der Waals surface area contributed by atoms with E-state index < -0.39 is 0 Å². The van der Waals surface area contributed by atoms with Gasteiger partial charge >= 0.3 is 0 Å². The smallest absolute Gasteiger partial charge is 0.206 e. The molecule has 12 heavy (non-hydrogen) atoms. The molecule has 1 aliphatic rings. The zero-order valence-electron chi connectivity index (χ0n) is 6.50. The molecular weight excluding hydrogens is 267 g/mol. The Labute approximate surface area is 84.1 Å². The average Bonchev–Trinajstić information content (AvgIpc) is 2.32. The van der Waals surface area contributed by atoms with Crippen LogP contribution >= 0.6 is 22.6 Å². The van der Waals surface area contributed by atoms with Crippen LogP contribution in [-0.4, -0.2) is 11.9 Å². The van der Waals surface area contributed by atoms with Gasteiger partial charge < -0.3 is 4.74 Å². The first-order chi connectivity index (χ1) is 5.70. The molecule has 0 fully saturated rings. The minimum Gasteiger partial charge on any atom is -0.481 e. The van der Waals surface area contributed by atoms with Gasteiger partial charge in [0, 0.05) is 0 Å². The van der Waals surface area contributed by atoms with Gasteiger partial charge in [0.05, 0.1) is 9.13 Å². The molecule has 0 aliphatic carbocycles. The van der Waals surface area contributed by atoms with Crippen LogP contribution in [0.15, 0.2) is 18.2 Å². The Morgan fingerprint density at radius 2 is 2.25 bits per heavy atom. The van der Waals surface area contributed by atoms with Crippen molar-refractivity contribution in [1.82, 2.24) is 0 Å². The molecular formula is C9H7IO2. The first kappa shape index (κ1) is 8.04. The van der Waals surface area contributed by atoms with Gasteiger partial charge in [-0.2, -0.15) is 0 Å². The molecule has 0 radical (unpaired) electrons. The van der Waals surface area contributed by atoms with Gasteiger partial charge in [0.25, 0.3) is 0 Å². The number of hydrogen-bond donors (Lipinski definition) is 0. The van der Waals surface area contributed by atoms with Crippen LogP contribution in [0.2, 0.25) is 0 Å². The summed E-state index contributed by atoms with van der Waals surface area (Å²) in [5.74, 6) is 0.833. The van der Waals surface area contributed by atoms with Gasteiger partial charge in [0.2, 0.25) is 5.78 Å². The van der Waals surface area contributed by atoms with Crippen LogP contribution in [0.3, 0.4) is 0 Å². The van der Waals surface area contributed by atoms with Crippen molar-refractivity contribution in [2.45, 2.75) is 13.0 Å². The summed E-state index contributed by atoms with van der Waals surface area (Å²) in [6.45, 7) is 1.78. The number of Topliss-reactive ketones (excluding diaryl/α,β-unsaturated/α-hetero) is 1. The van der Waals surface area contributed by atoms with Crippen LogP contribution in [-0.2, 0) is 0 Å². The Balaban J connectivity index is 2.61. The van der Waals surface area contributed by atoms with Crippen LogP contribution in [0.1, 0.15) is 17.3 Å². The lowest BCUT2D eigenvalue weighted by Crippen LogP contribution is -2.14. The third kappa shape index (κ3) is 1.03. The molecule has 3 heteroatoms. The van der Waals surface area contributed by atoms with Crippen molar-refractivity contribution < 1.29 is 9.53 Å². The van der Waals surface area contributed by atoms with E-state index >= 15 is 0 Å². The summed E-state index contributed by atoms with van der Waals surface area (Å²) in [5, 5.41) is 0. The first-order valence-electron chi connectivity index (χ1n) is 3.69. The summed E-state index contributed by atoms with van der Waals surface area (Å²) in [4.78, 5) is 11.4. The lowest BCUT2D eigenvalue weighted by Gasteiger charge is -2.01. The summed E-state index contributed by atoms with van der Waals surface area (Å²) >= 11 is 2.17. The average molecular weight is 274 g/mol. The van der Waals surface area contributed by atoms with Gasteiger partial charge in [0.1, 0.15) is 5.75 Å². The molecule has 0 aromatic heterocycles. The van der Waals surface area contributed by atoms with Crippen LogP contribution in [0, 0.1) is 3.57 Å². The summed E-state index contributed by atoms with van der Waals surface area (Å²) in [6, 6.07) is 5.62. The van der Waals surface area contributed by atoms with Crippen molar-refractivity contribution in [2.75, 3.05) is 0 Å². The lowest BCUT2D eigenvalue weighted by atomic mass is 10.1. The molecule has 1 heterocycles. The molecule has 1 aromatic rings. The molecule has 0 saturated heterocycles. The number of carbonyl (C=O) groups excluding carboxylic acids is 1. The lowest BCUT2D eigenvalue weighted by molar-refractivity contribution is 0.0878. The number of rotatable bonds is 0. The van der Waals surface area contributed by atoms with Crippen molar-refractivity contribution in [3.8, 4) is 5.75 Å². The summed E-state index contributed by atoms with van der Waals surface area (Å²) in [7, 11) is 0. The molecule has 1 aromatic carbocycles. The van der Waals surface area contributed by atoms with Crippen LogP contribution in [0.5, 0.6) is 5.75 Å². The fraction of sp³-hybridized carbons (Fsp3) is 0.222.